The average molecular weight is 544 g/mol. The number of rotatable bonds is 5. The molecule has 40 heavy (non-hydrogen) atoms. The number of hydrogen-bond acceptors (Lipinski definition) is 6. The number of nitrogens with one attached hydrogen (secondary N) is 1. The molecule has 6 rings (SSSR count). The third kappa shape index (κ3) is 5.15. The molecular formula is C30H39N8O2+. The molecule has 210 valence electrons. The van der Waals surface area contributed by atoms with Crippen molar-refractivity contribution in [2.24, 2.45) is 13.0 Å². The zero-order valence-electron chi connectivity index (χ0n) is 24.1. The summed E-state index contributed by atoms with van der Waals surface area (Å²) in [6.07, 6.45) is 11.3. The van der Waals surface area contributed by atoms with Crippen LogP contribution >= 0.6 is 0 Å². The lowest BCUT2D eigenvalue weighted by Crippen LogP contribution is -2.32. The summed E-state index contributed by atoms with van der Waals surface area (Å²) >= 11 is 0. The zero-order valence-corrected chi connectivity index (χ0v) is 24.1. The van der Waals surface area contributed by atoms with Crippen molar-refractivity contribution < 1.29 is 14.0 Å². The standard InChI is InChI=1S/C30H39N8O2/c1-20-24-8-10-28-25-17-22(7-9-27(25)32-33-28)26-18-31-37(5)29(26)39-13-6-14-40-30(24)38(34-20)23-15-21(16-23)19-36(4)12-11-35(2)3/h7-10,17-19,21,23H,6,11-16H2,1-5H3,(H,32,33)/q+1/b10-8+,36-19?. The second-order valence-electron chi connectivity index (χ2n) is 11.3. The minimum absolute atomic E-state index is 0.324. The van der Waals surface area contributed by atoms with Crippen LogP contribution in [0.5, 0.6) is 11.8 Å². The Morgan fingerprint density at radius 2 is 1.95 bits per heavy atom. The zero-order chi connectivity index (χ0) is 27.8. The molecule has 0 unspecified atom stereocenters. The number of ether oxygens (including phenoxy) is 2. The molecule has 0 spiro atoms. The van der Waals surface area contributed by atoms with Crippen LogP contribution in [0.25, 0.3) is 34.2 Å². The first-order valence-corrected chi connectivity index (χ1v) is 14.1. The van der Waals surface area contributed by atoms with Crippen LogP contribution in [0.2, 0.25) is 0 Å². The van der Waals surface area contributed by atoms with Gasteiger partial charge in [-0.15, -0.1) is 0 Å². The Labute approximate surface area is 234 Å². The van der Waals surface area contributed by atoms with Gasteiger partial charge in [0.1, 0.15) is 13.3 Å². The third-order valence-corrected chi connectivity index (χ3v) is 7.91. The summed E-state index contributed by atoms with van der Waals surface area (Å²) in [5.74, 6) is 2.14. The summed E-state index contributed by atoms with van der Waals surface area (Å²) in [5, 5.41) is 18.2. The molecule has 0 atom stereocenters. The molecule has 0 amide bonds. The lowest BCUT2D eigenvalue weighted by Gasteiger charge is -2.32. The van der Waals surface area contributed by atoms with Gasteiger partial charge in [-0.1, -0.05) is 6.07 Å². The molecular weight excluding hydrogens is 504 g/mol. The van der Waals surface area contributed by atoms with Gasteiger partial charge in [0.15, 0.2) is 6.54 Å². The number of hydrogen-bond donors (Lipinski definition) is 1. The van der Waals surface area contributed by atoms with Crippen molar-refractivity contribution in [3.8, 4) is 22.9 Å². The fourth-order valence-electron chi connectivity index (χ4n) is 5.55. The smallest absolute Gasteiger partial charge is 0.219 e. The van der Waals surface area contributed by atoms with Crippen LogP contribution < -0.4 is 9.47 Å². The quantitative estimate of drug-likeness (QED) is 0.302. The van der Waals surface area contributed by atoms with E-state index in [9.17, 15) is 0 Å². The van der Waals surface area contributed by atoms with Crippen LogP contribution in [-0.2, 0) is 7.05 Å². The molecule has 1 aliphatic carbocycles. The van der Waals surface area contributed by atoms with Gasteiger partial charge in [-0.3, -0.25) is 5.10 Å². The Kier molecular flexibility index (Phi) is 7.18. The lowest BCUT2D eigenvalue weighted by atomic mass is 9.81. The maximum absolute atomic E-state index is 6.45. The highest BCUT2D eigenvalue weighted by Crippen LogP contribution is 2.41. The molecule has 10 nitrogen and oxygen atoms in total. The minimum Gasteiger partial charge on any atom is -0.477 e. The Balaban J connectivity index is 1.30. The highest BCUT2D eigenvalue weighted by molar-refractivity contribution is 5.93. The van der Waals surface area contributed by atoms with E-state index >= 15 is 0 Å². The lowest BCUT2D eigenvalue weighted by molar-refractivity contribution is -0.495. The molecule has 10 heteroatoms. The Morgan fingerprint density at radius 3 is 2.75 bits per heavy atom. The summed E-state index contributed by atoms with van der Waals surface area (Å²) in [7, 11) is 8.30. The van der Waals surface area contributed by atoms with Gasteiger partial charge in [-0.25, -0.2) is 13.9 Å². The maximum atomic E-state index is 6.45. The van der Waals surface area contributed by atoms with Gasteiger partial charge in [-0.2, -0.15) is 15.3 Å². The predicted octanol–water partition coefficient (Wildman–Crippen LogP) is 4.03. The molecule has 1 aliphatic heterocycles. The number of nitrogens with zero attached hydrogens (tertiary/aromatic N) is 7. The maximum Gasteiger partial charge on any atom is 0.219 e. The highest BCUT2D eigenvalue weighted by Gasteiger charge is 2.35. The molecule has 3 aromatic heterocycles. The topological polar surface area (TPSA) is 89.0 Å². The number of benzene rings is 1. The molecule has 2 aliphatic rings. The largest absolute Gasteiger partial charge is 0.477 e. The van der Waals surface area contributed by atoms with Crippen LogP contribution in [0.4, 0.5) is 0 Å². The van der Waals surface area contributed by atoms with Crippen molar-refractivity contribution in [3.05, 3.63) is 41.3 Å². The molecule has 1 fully saturated rings. The van der Waals surface area contributed by atoms with E-state index in [1.165, 1.54) is 0 Å². The first-order valence-electron chi connectivity index (χ1n) is 14.1. The fraction of sp³-hybridized carbons (Fsp3) is 0.467. The van der Waals surface area contributed by atoms with E-state index in [2.05, 4.69) is 88.0 Å². The summed E-state index contributed by atoms with van der Waals surface area (Å²) in [4.78, 5) is 2.22. The number of aromatic nitrogens is 6. The summed E-state index contributed by atoms with van der Waals surface area (Å²) in [6, 6.07) is 6.58. The summed E-state index contributed by atoms with van der Waals surface area (Å²) in [6.45, 7) is 5.21. The third-order valence-electron chi connectivity index (χ3n) is 7.91. The van der Waals surface area contributed by atoms with Gasteiger partial charge in [0.05, 0.1) is 60.0 Å². The van der Waals surface area contributed by atoms with E-state index in [0.717, 1.165) is 83.1 Å². The van der Waals surface area contributed by atoms with E-state index in [0.29, 0.717) is 25.2 Å². The Hall–Kier alpha value is -3.92. The van der Waals surface area contributed by atoms with Crippen molar-refractivity contribution in [1.29, 1.82) is 0 Å². The van der Waals surface area contributed by atoms with E-state index in [4.69, 9.17) is 14.6 Å². The van der Waals surface area contributed by atoms with Crippen LogP contribution in [0.15, 0.2) is 24.4 Å². The van der Waals surface area contributed by atoms with Gasteiger partial charge < -0.3 is 14.4 Å². The van der Waals surface area contributed by atoms with Gasteiger partial charge in [0.2, 0.25) is 11.8 Å². The molecule has 0 radical (unpaired) electrons. The van der Waals surface area contributed by atoms with Crippen LogP contribution in [-0.4, -0.2) is 92.9 Å². The predicted molar refractivity (Wildman–Crippen MR) is 157 cm³/mol. The van der Waals surface area contributed by atoms with Crippen molar-refractivity contribution in [3.63, 3.8) is 0 Å². The number of aryl methyl sites for hydroxylation is 2. The molecule has 1 aromatic carbocycles. The number of aromatic amines is 1. The van der Waals surface area contributed by atoms with Crippen molar-refractivity contribution in [2.45, 2.75) is 32.2 Å². The SMILES string of the molecule is Cc1nn(C2CC(C=[N+](C)CCN(C)C)C2)c2c1/C=C/c1[nH]nc3ccc(cc13)-c1cnn(C)c1OCCCO2. The second kappa shape index (κ2) is 10.9. The molecule has 1 saturated carbocycles. The number of fused-ring (bicyclic) bond motifs is 4. The van der Waals surface area contributed by atoms with Gasteiger partial charge in [0.25, 0.3) is 0 Å². The summed E-state index contributed by atoms with van der Waals surface area (Å²) in [5.41, 5.74) is 5.84. The van der Waals surface area contributed by atoms with Gasteiger partial charge in [-0.05, 0) is 63.7 Å². The van der Waals surface area contributed by atoms with Crippen molar-refractivity contribution >= 4 is 29.3 Å². The molecule has 2 bridgehead atoms. The Bertz CT molecular complexity index is 1570. The van der Waals surface area contributed by atoms with E-state index in [-0.39, 0.29) is 0 Å². The van der Waals surface area contributed by atoms with Crippen LogP contribution in [0.1, 0.15) is 42.3 Å². The Morgan fingerprint density at radius 1 is 1.15 bits per heavy atom. The van der Waals surface area contributed by atoms with Gasteiger partial charge >= 0.3 is 0 Å². The molecule has 1 N–H and O–H groups in total. The number of likely N-dealkylation sites (N-methyl/N-ethyl adjacent to an activating group) is 2. The molecule has 4 heterocycles. The monoisotopic (exact) mass is 543 g/mol. The normalized spacial score (nSPS) is 20.3. The first kappa shape index (κ1) is 26.3. The van der Waals surface area contributed by atoms with Crippen molar-refractivity contribution in [1.82, 2.24) is 34.7 Å². The fourth-order valence-corrected chi connectivity index (χ4v) is 5.55. The summed E-state index contributed by atoms with van der Waals surface area (Å²) < 4.78 is 18.9. The molecule has 4 aromatic rings. The van der Waals surface area contributed by atoms with E-state index < -0.39 is 0 Å². The minimum atomic E-state index is 0.324. The average Bonchev–Trinajstić information content (AvgIpc) is 3.57. The van der Waals surface area contributed by atoms with Crippen LogP contribution in [0.3, 0.4) is 0 Å². The van der Waals surface area contributed by atoms with Crippen molar-refractivity contribution in [2.75, 3.05) is 47.4 Å². The first-order chi connectivity index (χ1) is 19.4. The molecule has 0 saturated heterocycles. The van der Waals surface area contributed by atoms with E-state index in [1.54, 1.807) is 4.68 Å². The van der Waals surface area contributed by atoms with Crippen LogP contribution in [0, 0.1) is 12.8 Å². The second-order valence-corrected chi connectivity index (χ2v) is 11.3. The highest BCUT2D eigenvalue weighted by atomic mass is 16.5. The van der Waals surface area contributed by atoms with Gasteiger partial charge in [0, 0.05) is 24.8 Å². The van der Waals surface area contributed by atoms with E-state index in [1.807, 2.05) is 19.3 Å². The number of H-pyrrole nitrogens is 1.